The Morgan fingerprint density at radius 1 is 1.29 bits per heavy atom. The molecule has 0 spiro atoms. The monoisotopic (exact) mass is 521 g/mol. The zero-order valence-corrected chi connectivity index (χ0v) is 20.0. The summed E-state index contributed by atoms with van der Waals surface area (Å²) in [5.74, 6) is 1.58. The van der Waals surface area contributed by atoms with Crippen molar-refractivity contribution < 1.29 is 9.47 Å². The summed E-state index contributed by atoms with van der Waals surface area (Å²) in [4.78, 5) is 7.11. The molecule has 0 bridgehead atoms. The second kappa shape index (κ2) is 12.2. The third kappa shape index (κ3) is 7.04. The molecule has 1 aromatic rings. The fourth-order valence-electron chi connectivity index (χ4n) is 3.70. The molecule has 0 aromatic heterocycles. The van der Waals surface area contributed by atoms with Crippen molar-refractivity contribution in [3.05, 3.63) is 34.9 Å². The Labute approximate surface area is 191 Å². The predicted molar refractivity (Wildman–Crippen MR) is 126 cm³/mol. The number of nitrogens with one attached hydrogen (secondary N) is 1. The largest absolute Gasteiger partial charge is 0.385 e. The fraction of sp³-hybridized carbons (Fsp3) is 0.667. The summed E-state index contributed by atoms with van der Waals surface area (Å²) in [6.07, 6.45) is 4.58. The van der Waals surface area contributed by atoms with Gasteiger partial charge in [-0.25, -0.2) is 0 Å². The summed E-state index contributed by atoms with van der Waals surface area (Å²) in [6.45, 7) is 6.44. The first kappa shape index (κ1) is 23.7. The quantitative estimate of drug-likeness (QED) is 0.240. The van der Waals surface area contributed by atoms with E-state index in [-0.39, 0.29) is 24.0 Å². The van der Waals surface area contributed by atoms with Gasteiger partial charge in [-0.2, -0.15) is 0 Å². The number of benzene rings is 1. The van der Waals surface area contributed by atoms with Crippen LogP contribution in [0, 0.1) is 0 Å². The average molecular weight is 522 g/mol. The Morgan fingerprint density at radius 3 is 2.75 bits per heavy atom. The minimum atomic E-state index is 0. The van der Waals surface area contributed by atoms with Crippen LogP contribution in [0.4, 0.5) is 0 Å². The number of guanidine groups is 1. The summed E-state index contributed by atoms with van der Waals surface area (Å²) in [7, 11) is 1.73. The Balaban J connectivity index is 0.00000280. The van der Waals surface area contributed by atoms with Gasteiger partial charge in [0.05, 0.1) is 6.10 Å². The Bertz CT molecular complexity index is 623. The molecule has 0 radical (unpaired) electrons. The highest BCUT2D eigenvalue weighted by Crippen LogP contribution is 2.41. The van der Waals surface area contributed by atoms with E-state index < -0.39 is 0 Å². The lowest BCUT2D eigenvalue weighted by Gasteiger charge is -2.34. The van der Waals surface area contributed by atoms with Crippen molar-refractivity contribution in [3.8, 4) is 0 Å². The number of rotatable bonds is 8. The van der Waals surface area contributed by atoms with E-state index in [2.05, 4.69) is 29.3 Å². The van der Waals surface area contributed by atoms with Crippen molar-refractivity contribution in [1.82, 2.24) is 10.2 Å². The highest BCUT2D eigenvalue weighted by atomic mass is 127. The third-order valence-corrected chi connectivity index (χ3v) is 5.51. The van der Waals surface area contributed by atoms with Crippen LogP contribution >= 0.6 is 35.6 Å². The molecule has 1 saturated heterocycles. The van der Waals surface area contributed by atoms with E-state index >= 15 is 0 Å². The van der Waals surface area contributed by atoms with Gasteiger partial charge >= 0.3 is 0 Å². The van der Waals surface area contributed by atoms with Crippen LogP contribution in [0.1, 0.15) is 44.1 Å². The van der Waals surface area contributed by atoms with E-state index in [1.54, 1.807) is 7.11 Å². The molecule has 2 unspecified atom stereocenters. The Morgan fingerprint density at radius 2 is 2.07 bits per heavy atom. The van der Waals surface area contributed by atoms with Gasteiger partial charge in [-0.1, -0.05) is 23.7 Å². The van der Waals surface area contributed by atoms with Crippen LogP contribution in [-0.2, 0) is 9.47 Å². The first-order valence-corrected chi connectivity index (χ1v) is 10.5. The maximum Gasteiger partial charge on any atom is 0.194 e. The summed E-state index contributed by atoms with van der Waals surface area (Å²) in [5.41, 5.74) is 1.32. The lowest BCUT2D eigenvalue weighted by molar-refractivity contribution is 0.00988. The second-order valence-corrected chi connectivity index (χ2v) is 7.79. The van der Waals surface area contributed by atoms with Crippen LogP contribution in [0.2, 0.25) is 5.02 Å². The second-order valence-electron chi connectivity index (χ2n) is 7.35. The summed E-state index contributed by atoms with van der Waals surface area (Å²) < 4.78 is 11.1. The van der Waals surface area contributed by atoms with Crippen molar-refractivity contribution in [3.63, 3.8) is 0 Å². The van der Waals surface area contributed by atoms with E-state index in [4.69, 9.17) is 26.1 Å². The predicted octanol–water partition coefficient (Wildman–Crippen LogP) is 4.30. The van der Waals surface area contributed by atoms with Gasteiger partial charge in [-0.05, 0) is 50.3 Å². The molecule has 1 saturated carbocycles. The molecule has 1 N–H and O–H groups in total. The standard InChI is InChI=1S/C21H32ClN3O2.HI/c1-3-23-21(24-20-15-19(20)16-6-4-7-17(22)14-16)25-10-8-18(9-11-25)27-13-5-12-26-2;/h4,6-7,14,18-20H,3,5,8-13,15H2,1-2H3,(H,23,24);1H. The van der Waals surface area contributed by atoms with E-state index in [9.17, 15) is 0 Å². The van der Waals surface area contributed by atoms with Crippen molar-refractivity contribution in [2.45, 2.75) is 50.7 Å². The zero-order chi connectivity index (χ0) is 19.1. The van der Waals surface area contributed by atoms with Gasteiger partial charge in [0.25, 0.3) is 0 Å². The number of nitrogens with zero attached hydrogens (tertiary/aromatic N) is 2. The normalized spacial score (nSPS) is 22.7. The molecule has 158 valence electrons. The molecular formula is C21H33ClIN3O2. The average Bonchev–Trinajstić information content (AvgIpc) is 3.45. The molecule has 1 aromatic carbocycles. The SMILES string of the molecule is CCN=C(NC1CC1c1cccc(Cl)c1)N1CCC(OCCCOC)CC1.I. The molecule has 0 amide bonds. The lowest BCUT2D eigenvalue weighted by atomic mass is 10.1. The van der Waals surface area contributed by atoms with Crippen LogP contribution in [0.15, 0.2) is 29.3 Å². The number of aliphatic imine (C=N–C) groups is 1. The van der Waals surface area contributed by atoms with Crippen molar-refractivity contribution in [2.75, 3.05) is 40.0 Å². The molecular weight excluding hydrogens is 489 g/mol. The molecule has 2 atom stereocenters. The molecule has 28 heavy (non-hydrogen) atoms. The van der Waals surface area contributed by atoms with Crippen molar-refractivity contribution in [1.29, 1.82) is 0 Å². The number of ether oxygens (including phenoxy) is 2. The lowest BCUT2D eigenvalue weighted by Crippen LogP contribution is -2.48. The Kier molecular flexibility index (Phi) is 10.3. The summed E-state index contributed by atoms with van der Waals surface area (Å²) in [6, 6.07) is 8.67. The van der Waals surface area contributed by atoms with E-state index in [0.29, 0.717) is 18.1 Å². The van der Waals surface area contributed by atoms with Crippen molar-refractivity contribution >= 4 is 41.5 Å². The van der Waals surface area contributed by atoms with E-state index in [1.165, 1.54) is 5.56 Å². The maximum atomic E-state index is 6.14. The van der Waals surface area contributed by atoms with E-state index in [1.807, 2.05) is 12.1 Å². The minimum Gasteiger partial charge on any atom is -0.385 e. The van der Waals surface area contributed by atoms with Gasteiger partial charge in [-0.15, -0.1) is 24.0 Å². The highest BCUT2D eigenvalue weighted by molar-refractivity contribution is 14.0. The van der Waals surface area contributed by atoms with Gasteiger partial charge in [-0.3, -0.25) is 4.99 Å². The molecule has 2 fully saturated rings. The first-order valence-electron chi connectivity index (χ1n) is 10.1. The van der Waals surface area contributed by atoms with E-state index in [0.717, 1.165) is 69.5 Å². The third-order valence-electron chi connectivity index (χ3n) is 5.28. The highest BCUT2D eigenvalue weighted by Gasteiger charge is 2.40. The molecule has 5 nitrogen and oxygen atoms in total. The zero-order valence-electron chi connectivity index (χ0n) is 16.9. The number of halogens is 2. The van der Waals surface area contributed by atoms with Crippen LogP contribution in [0.3, 0.4) is 0 Å². The number of hydrogen-bond donors (Lipinski definition) is 1. The number of piperidine rings is 1. The van der Waals surface area contributed by atoms with Gasteiger partial charge in [0.2, 0.25) is 0 Å². The van der Waals surface area contributed by atoms with Crippen LogP contribution in [0.25, 0.3) is 0 Å². The van der Waals surface area contributed by atoms with Crippen LogP contribution < -0.4 is 5.32 Å². The maximum absolute atomic E-state index is 6.14. The molecule has 1 heterocycles. The van der Waals surface area contributed by atoms with Crippen molar-refractivity contribution in [2.24, 2.45) is 4.99 Å². The summed E-state index contributed by atoms with van der Waals surface area (Å²) in [5, 5.41) is 4.49. The number of hydrogen-bond acceptors (Lipinski definition) is 3. The minimum absolute atomic E-state index is 0. The Hall–Kier alpha value is -0.570. The van der Waals surface area contributed by atoms with Crippen LogP contribution in [0.5, 0.6) is 0 Å². The topological polar surface area (TPSA) is 46.1 Å². The van der Waals surface area contributed by atoms with Gasteiger partial charge in [0.15, 0.2) is 5.96 Å². The fourth-order valence-corrected chi connectivity index (χ4v) is 3.90. The van der Waals surface area contributed by atoms with Gasteiger partial charge in [0, 0.05) is 56.9 Å². The molecule has 2 aliphatic rings. The van der Waals surface area contributed by atoms with Crippen LogP contribution in [-0.4, -0.2) is 63.0 Å². The number of methoxy groups -OCH3 is 1. The molecule has 1 aliphatic carbocycles. The molecule has 3 rings (SSSR count). The summed E-state index contributed by atoms with van der Waals surface area (Å²) >= 11 is 6.14. The molecule has 1 aliphatic heterocycles. The smallest absolute Gasteiger partial charge is 0.194 e. The van der Waals surface area contributed by atoms with Gasteiger partial charge in [0.1, 0.15) is 0 Å². The van der Waals surface area contributed by atoms with Gasteiger partial charge < -0.3 is 19.7 Å². The number of likely N-dealkylation sites (tertiary alicyclic amines) is 1. The first-order chi connectivity index (χ1) is 13.2. The molecule has 7 heteroatoms.